The first kappa shape index (κ1) is 21.2. The summed E-state index contributed by atoms with van der Waals surface area (Å²) in [5.41, 5.74) is 0. The molecular formula is C12H27Cl2N3O2. The van der Waals surface area contributed by atoms with Crippen molar-refractivity contribution in [1.29, 1.82) is 0 Å². The number of nitrogens with one attached hydrogen (secondary N) is 2. The van der Waals surface area contributed by atoms with Crippen molar-refractivity contribution in [2.75, 3.05) is 53.5 Å². The predicted octanol–water partition coefficient (Wildman–Crippen LogP) is 0.380. The Balaban J connectivity index is 0. The summed E-state index contributed by atoms with van der Waals surface area (Å²) < 4.78 is 5.00. The normalized spacial score (nSPS) is 16.0. The van der Waals surface area contributed by atoms with Crippen LogP contribution in [0.5, 0.6) is 0 Å². The van der Waals surface area contributed by atoms with Crippen molar-refractivity contribution < 1.29 is 9.53 Å². The van der Waals surface area contributed by atoms with Crippen LogP contribution in [-0.2, 0) is 9.53 Å². The van der Waals surface area contributed by atoms with Crippen LogP contribution in [0.3, 0.4) is 0 Å². The smallest absolute Gasteiger partial charge is 0.223 e. The van der Waals surface area contributed by atoms with Gasteiger partial charge in [-0.15, -0.1) is 24.8 Å². The SMILES string of the molecule is COCCN(C)CCNC(=O)C(C)C1CNC1.Cl.Cl. The summed E-state index contributed by atoms with van der Waals surface area (Å²) in [6.07, 6.45) is 0. The number of likely N-dealkylation sites (N-methyl/N-ethyl adjacent to an activating group) is 1. The van der Waals surface area contributed by atoms with E-state index in [0.717, 1.165) is 32.8 Å². The zero-order chi connectivity index (χ0) is 12.7. The average molecular weight is 316 g/mol. The summed E-state index contributed by atoms with van der Waals surface area (Å²) in [5, 5.41) is 6.18. The molecule has 1 atom stereocenters. The van der Waals surface area contributed by atoms with Gasteiger partial charge in [0.15, 0.2) is 0 Å². The average Bonchev–Trinajstić information content (AvgIpc) is 2.23. The molecule has 1 saturated heterocycles. The predicted molar refractivity (Wildman–Crippen MR) is 82.4 cm³/mol. The molecule has 0 aromatic carbocycles. The van der Waals surface area contributed by atoms with Crippen molar-refractivity contribution in [3.05, 3.63) is 0 Å². The minimum absolute atomic E-state index is 0. The Hall–Kier alpha value is -0.0700. The van der Waals surface area contributed by atoms with Crippen molar-refractivity contribution in [1.82, 2.24) is 15.5 Å². The Kier molecular flexibility index (Phi) is 13.1. The van der Waals surface area contributed by atoms with Gasteiger partial charge in [-0.05, 0) is 26.1 Å². The third-order valence-corrected chi connectivity index (χ3v) is 3.40. The number of hydrogen-bond acceptors (Lipinski definition) is 4. The molecule has 1 unspecified atom stereocenters. The Morgan fingerprint density at radius 1 is 1.42 bits per heavy atom. The van der Waals surface area contributed by atoms with Gasteiger partial charge in [-0.1, -0.05) is 6.92 Å². The molecule has 0 saturated carbocycles. The molecule has 0 radical (unpaired) electrons. The highest BCUT2D eigenvalue weighted by Gasteiger charge is 2.28. The maximum atomic E-state index is 11.8. The second kappa shape index (κ2) is 11.7. The molecule has 5 nitrogen and oxygen atoms in total. The Labute approximate surface area is 128 Å². The minimum atomic E-state index is 0. The lowest BCUT2D eigenvalue weighted by Crippen LogP contribution is -2.50. The molecule has 1 fully saturated rings. The van der Waals surface area contributed by atoms with Gasteiger partial charge in [0, 0.05) is 32.7 Å². The van der Waals surface area contributed by atoms with E-state index in [1.165, 1.54) is 0 Å². The standard InChI is InChI=1S/C12H25N3O2.2ClH/c1-10(11-8-13-9-11)12(16)14-4-5-15(2)6-7-17-3;;/h10-11,13H,4-9H2,1-3H3,(H,14,16);2*1H. The van der Waals surface area contributed by atoms with E-state index in [1.807, 2.05) is 14.0 Å². The van der Waals surface area contributed by atoms with Gasteiger partial charge in [0.2, 0.25) is 5.91 Å². The fourth-order valence-electron chi connectivity index (χ4n) is 1.77. The zero-order valence-electron chi connectivity index (χ0n) is 12.0. The van der Waals surface area contributed by atoms with Crippen LogP contribution in [0.15, 0.2) is 0 Å². The van der Waals surface area contributed by atoms with Crippen LogP contribution >= 0.6 is 24.8 Å². The van der Waals surface area contributed by atoms with Gasteiger partial charge in [-0.25, -0.2) is 0 Å². The molecular weight excluding hydrogens is 289 g/mol. The Bertz CT molecular complexity index is 241. The first-order chi connectivity index (χ1) is 8.15. The number of hydrogen-bond donors (Lipinski definition) is 2. The van der Waals surface area contributed by atoms with Crippen molar-refractivity contribution in [3.63, 3.8) is 0 Å². The molecule has 1 aliphatic rings. The van der Waals surface area contributed by atoms with Gasteiger partial charge in [0.1, 0.15) is 0 Å². The van der Waals surface area contributed by atoms with E-state index in [4.69, 9.17) is 4.74 Å². The molecule has 19 heavy (non-hydrogen) atoms. The van der Waals surface area contributed by atoms with Crippen LogP contribution in [0.25, 0.3) is 0 Å². The lowest BCUT2D eigenvalue weighted by molar-refractivity contribution is -0.126. The van der Waals surface area contributed by atoms with Crippen LogP contribution in [0.4, 0.5) is 0 Å². The van der Waals surface area contributed by atoms with E-state index in [0.29, 0.717) is 12.5 Å². The van der Waals surface area contributed by atoms with Gasteiger partial charge in [-0.3, -0.25) is 4.79 Å². The summed E-state index contributed by atoms with van der Waals surface area (Å²) in [6.45, 7) is 7.16. The number of methoxy groups -OCH3 is 1. The molecule has 0 aliphatic carbocycles. The fourth-order valence-corrected chi connectivity index (χ4v) is 1.77. The second-order valence-electron chi connectivity index (χ2n) is 4.79. The second-order valence-corrected chi connectivity index (χ2v) is 4.79. The number of ether oxygens (including phenoxy) is 1. The van der Waals surface area contributed by atoms with Gasteiger partial charge >= 0.3 is 0 Å². The molecule has 1 amide bonds. The molecule has 0 bridgehead atoms. The molecule has 1 rings (SSSR count). The summed E-state index contributed by atoms with van der Waals surface area (Å²) in [4.78, 5) is 13.9. The number of amides is 1. The van der Waals surface area contributed by atoms with E-state index >= 15 is 0 Å². The summed E-state index contributed by atoms with van der Waals surface area (Å²) in [5.74, 6) is 0.818. The molecule has 1 aliphatic heterocycles. The largest absolute Gasteiger partial charge is 0.383 e. The molecule has 7 heteroatoms. The number of nitrogens with zero attached hydrogens (tertiary/aromatic N) is 1. The topological polar surface area (TPSA) is 53.6 Å². The van der Waals surface area contributed by atoms with Crippen molar-refractivity contribution in [2.24, 2.45) is 11.8 Å². The lowest BCUT2D eigenvalue weighted by Gasteiger charge is -2.31. The lowest BCUT2D eigenvalue weighted by atomic mass is 9.88. The molecule has 2 N–H and O–H groups in total. The van der Waals surface area contributed by atoms with Crippen molar-refractivity contribution in [3.8, 4) is 0 Å². The highest BCUT2D eigenvalue weighted by atomic mass is 35.5. The molecule has 1 heterocycles. The van der Waals surface area contributed by atoms with Gasteiger partial charge in [0.25, 0.3) is 0 Å². The quantitative estimate of drug-likeness (QED) is 0.680. The van der Waals surface area contributed by atoms with Crippen molar-refractivity contribution in [2.45, 2.75) is 6.92 Å². The summed E-state index contributed by atoms with van der Waals surface area (Å²) in [6, 6.07) is 0. The van der Waals surface area contributed by atoms with Gasteiger partial charge in [0.05, 0.1) is 6.61 Å². The molecule has 116 valence electrons. The van der Waals surface area contributed by atoms with E-state index in [9.17, 15) is 4.79 Å². The van der Waals surface area contributed by atoms with Crippen LogP contribution < -0.4 is 10.6 Å². The monoisotopic (exact) mass is 315 g/mol. The molecule has 0 aromatic rings. The first-order valence-corrected chi connectivity index (χ1v) is 6.31. The van der Waals surface area contributed by atoms with E-state index in [2.05, 4.69) is 15.5 Å². The summed E-state index contributed by atoms with van der Waals surface area (Å²) in [7, 11) is 3.73. The fraction of sp³-hybridized carbons (Fsp3) is 0.917. The third-order valence-electron chi connectivity index (χ3n) is 3.40. The Morgan fingerprint density at radius 3 is 2.53 bits per heavy atom. The van der Waals surface area contributed by atoms with Crippen LogP contribution in [0.2, 0.25) is 0 Å². The Morgan fingerprint density at radius 2 is 2.05 bits per heavy atom. The zero-order valence-corrected chi connectivity index (χ0v) is 13.6. The van der Waals surface area contributed by atoms with Gasteiger partial charge < -0.3 is 20.3 Å². The van der Waals surface area contributed by atoms with Crippen LogP contribution in [0, 0.1) is 11.8 Å². The third kappa shape index (κ3) is 7.95. The minimum Gasteiger partial charge on any atom is -0.383 e. The molecule has 0 spiro atoms. The number of carbonyl (C=O) groups excluding carboxylic acids is 1. The van der Waals surface area contributed by atoms with Gasteiger partial charge in [-0.2, -0.15) is 0 Å². The highest BCUT2D eigenvalue weighted by Crippen LogP contribution is 2.15. The van der Waals surface area contributed by atoms with E-state index in [1.54, 1.807) is 7.11 Å². The number of halogens is 2. The maximum Gasteiger partial charge on any atom is 0.223 e. The van der Waals surface area contributed by atoms with E-state index < -0.39 is 0 Å². The van der Waals surface area contributed by atoms with Crippen LogP contribution in [-0.4, -0.2) is 64.3 Å². The summed E-state index contributed by atoms with van der Waals surface area (Å²) >= 11 is 0. The highest BCUT2D eigenvalue weighted by molar-refractivity contribution is 5.85. The maximum absolute atomic E-state index is 11.8. The first-order valence-electron chi connectivity index (χ1n) is 6.31. The van der Waals surface area contributed by atoms with E-state index in [-0.39, 0.29) is 36.6 Å². The molecule has 0 aromatic heterocycles. The number of carbonyl (C=O) groups is 1. The van der Waals surface area contributed by atoms with Crippen LogP contribution in [0.1, 0.15) is 6.92 Å². The number of rotatable bonds is 8. The van der Waals surface area contributed by atoms with Crippen molar-refractivity contribution >= 4 is 30.7 Å².